The number of amides is 2. The molecule has 4 nitrogen and oxygen atoms in total. The van der Waals surface area contributed by atoms with Crippen molar-refractivity contribution in [3.05, 3.63) is 6.42 Å². The molecule has 67 valence electrons. The maximum atomic E-state index is 11.2. The summed E-state index contributed by atoms with van der Waals surface area (Å²) in [5.41, 5.74) is 5.14. The summed E-state index contributed by atoms with van der Waals surface area (Å²) in [6.45, 7) is 2.40. The van der Waals surface area contributed by atoms with Crippen LogP contribution in [0.2, 0.25) is 0 Å². The lowest BCUT2D eigenvalue weighted by atomic mass is 10.2. The fourth-order valence-electron chi connectivity index (χ4n) is 1.42. The molecule has 0 spiro atoms. The number of nitrogens with zero attached hydrogens (tertiary/aromatic N) is 1. The maximum Gasteiger partial charge on any atom is 0.240 e. The Balaban J connectivity index is 2.65. The molecule has 4 heteroatoms. The third kappa shape index (κ3) is 1.57. The molecule has 0 aromatic rings. The molecule has 1 aliphatic heterocycles. The first-order chi connectivity index (χ1) is 5.66. The first-order valence-electron chi connectivity index (χ1n) is 4.07. The molecule has 2 N–H and O–H groups in total. The number of carbonyl (C=O) groups excluding carboxylic acids is 2. The molecule has 1 rings (SSSR count). The van der Waals surface area contributed by atoms with Crippen molar-refractivity contribution in [2.45, 2.75) is 25.8 Å². The van der Waals surface area contributed by atoms with Gasteiger partial charge in [-0.2, -0.15) is 0 Å². The Morgan fingerprint density at radius 3 is 2.83 bits per heavy atom. The normalized spacial score (nSPS) is 19.8. The summed E-state index contributed by atoms with van der Waals surface area (Å²) in [6, 6.07) is -0.420. The second kappa shape index (κ2) is 3.56. The molecule has 1 saturated heterocycles. The zero-order valence-electron chi connectivity index (χ0n) is 7.12. The molecule has 0 bridgehead atoms. The summed E-state index contributed by atoms with van der Waals surface area (Å²) in [7, 11) is 0. The lowest BCUT2D eigenvalue weighted by molar-refractivity contribution is -0.136. The minimum atomic E-state index is -0.420. The maximum absolute atomic E-state index is 11.2. The van der Waals surface area contributed by atoms with E-state index in [0.717, 1.165) is 0 Å². The number of carbonyl (C=O) groups is 2. The Hall–Kier alpha value is -1.06. The average molecular weight is 169 g/mol. The summed E-state index contributed by atoms with van der Waals surface area (Å²) < 4.78 is 0. The number of likely N-dealkylation sites (tertiary alicyclic amines) is 1. The van der Waals surface area contributed by atoms with E-state index in [9.17, 15) is 9.59 Å². The van der Waals surface area contributed by atoms with Crippen LogP contribution >= 0.6 is 0 Å². The predicted molar refractivity (Wildman–Crippen MR) is 43.9 cm³/mol. The number of hydrogen-bond donors (Lipinski definition) is 1. The summed E-state index contributed by atoms with van der Waals surface area (Å²) in [5, 5.41) is 0. The van der Waals surface area contributed by atoms with Crippen molar-refractivity contribution in [1.82, 2.24) is 4.90 Å². The van der Waals surface area contributed by atoms with Crippen LogP contribution in [0.4, 0.5) is 0 Å². The van der Waals surface area contributed by atoms with Crippen LogP contribution in [0.5, 0.6) is 0 Å². The van der Waals surface area contributed by atoms with Gasteiger partial charge in [0.2, 0.25) is 11.8 Å². The van der Waals surface area contributed by atoms with E-state index in [0.29, 0.717) is 19.4 Å². The Morgan fingerprint density at radius 2 is 2.50 bits per heavy atom. The average Bonchev–Trinajstić information content (AvgIpc) is 2.38. The van der Waals surface area contributed by atoms with E-state index in [1.165, 1.54) is 4.90 Å². The van der Waals surface area contributed by atoms with Crippen LogP contribution < -0.4 is 5.73 Å². The molecule has 1 fully saturated rings. The number of nitrogens with two attached hydrogens (primary N) is 1. The highest BCUT2D eigenvalue weighted by Gasteiger charge is 2.29. The predicted octanol–water partition coefficient (Wildman–Crippen LogP) is -0.313. The zero-order chi connectivity index (χ0) is 9.14. The molecular weight excluding hydrogens is 156 g/mol. The van der Waals surface area contributed by atoms with Crippen molar-refractivity contribution in [1.29, 1.82) is 0 Å². The second-order valence-corrected chi connectivity index (χ2v) is 2.87. The SMILES string of the molecule is CC[C@@H](C(N)=O)N1C[CH]CC1=O. The molecule has 2 amide bonds. The quantitative estimate of drug-likeness (QED) is 0.629. The van der Waals surface area contributed by atoms with Crippen molar-refractivity contribution in [2.24, 2.45) is 5.73 Å². The van der Waals surface area contributed by atoms with Crippen LogP contribution in [0, 0.1) is 6.42 Å². The van der Waals surface area contributed by atoms with Crippen LogP contribution in [-0.4, -0.2) is 29.3 Å². The van der Waals surface area contributed by atoms with Gasteiger partial charge in [0.1, 0.15) is 6.04 Å². The molecule has 12 heavy (non-hydrogen) atoms. The van der Waals surface area contributed by atoms with Crippen molar-refractivity contribution in [2.75, 3.05) is 6.54 Å². The molecule has 0 aliphatic carbocycles. The molecule has 1 radical (unpaired) electrons. The van der Waals surface area contributed by atoms with E-state index in [1.54, 1.807) is 0 Å². The highest BCUT2D eigenvalue weighted by atomic mass is 16.2. The van der Waals surface area contributed by atoms with E-state index < -0.39 is 11.9 Å². The van der Waals surface area contributed by atoms with Crippen LogP contribution in [0.1, 0.15) is 19.8 Å². The van der Waals surface area contributed by atoms with Gasteiger partial charge in [-0.1, -0.05) is 6.92 Å². The zero-order valence-corrected chi connectivity index (χ0v) is 7.12. The van der Waals surface area contributed by atoms with E-state index in [2.05, 4.69) is 0 Å². The highest BCUT2D eigenvalue weighted by Crippen LogP contribution is 2.14. The topological polar surface area (TPSA) is 63.4 Å². The van der Waals surface area contributed by atoms with E-state index in [1.807, 2.05) is 13.3 Å². The molecule has 0 aromatic heterocycles. The number of rotatable bonds is 3. The Bertz CT molecular complexity index is 203. The van der Waals surface area contributed by atoms with Gasteiger partial charge in [-0.3, -0.25) is 9.59 Å². The largest absolute Gasteiger partial charge is 0.368 e. The molecule has 1 heterocycles. The van der Waals surface area contributed by atoms with Gasteiger partial charge in [0.25, 0.3) is 0 Å². The minimum Gasteiger partial charge on any atom is -0.368 e. The second-order valence-electron chi connectivity index (χ2n) is 2.87. The van der Waals surface area contributed by atoms with Crippen LogP contribution in [-0.2, 0) is 9.59 Å². The highest BCUT2D eigenvalue weighted by molar-refractivity contribution is 5.88. The monoisotopic (exact) mass is 169 g/mol. The van der Waals surface area contributed by atoms with Crippen molar-refractivity contribution >= 4 is 11.8 Å². The first kappa shape index (κ1) is 9.03. The van der Waals surface area contributed by atoms with Gasteiger partial charge in [0.15, 0.2) is 0 Å². The van der Waals surface area contributed by atoms with Gasteiger partial charge in [-0.05, 0) is 12.8 Å². The summed E-state index contributed by atoms with van der Waals surface area (Å²) in [6.07, 6.45) is 2.88. The molecule has 0 saturated carbocycles. The lowest BCUT2D eigenvalue weighted by Crippen LogP contribution is -2.44. The first-order valence-corrected chi connectivity index (χ1v) is 4.07. The van der Waals surface area contributed by atoms with Gasteiger partial charge in [0, 0.05) is 13.0 Å². The van der Waals surface area contributed by atoms with E-state index in [4.69, 9.17) is 5.73 Å². The summed E-state index contributed by atoms with van der Waals surface area (Å²) in [4.78, 5) is 23.6. The van der Waals surface area contributed by atoms with Gasteiger partial charge in [0.05, 0.1) is 0 Å². The molecule has 1 aliphatic rings. The fourth-order valence-corrected chi connectivity index (χ4v) is 1.42. The number of hydrogen-bond acceptors (Lipinski definition) is 2. The van der Waals surface area contributed by atoms with Crippen molar-refractivity contribution < 1.29 is 9.59 Å². The van der Waals surface area contributed by atoms with Gasteiger partial charge in [-0.15, -0.1) is 0 Å². The summed E-state index contributed by atoms with van der Waals surface area (Å²) in [5.74, 6) is -0.415. The van der Waals surface area contributed by atoms with Crippen molar-refractivity contribution in [3.8, 4) is 0 Å². The van der Waals surface area contributed by atoms with Gasteiger partial charge >= 0.3 is 0 Å². The van der Waals surface area contributed by atoms with Crippen LogP contribution in [0.25, 0.3) is 0 Å². The van der Waals surface area contributed by atoms with Crippen molar-refractivity contribution in [3.63, 3.8) is 0 Å². The molecule has 0 unspecified atom stereocenters. The van der Waals surface area contributed by atoms with E-state index in [-0.39, 0.29) is 5.91 Å². The Labute approximate surface area is 71.7 Å². The van der Waals surface area contributed by atoms with Gasteiger partial charge in [-0.25, -0.2) is 0 Å². The third-order valence-electron chi connectivity index (χ3n) is 2.06. The minimum absolute atomic E-state index is 0.000602. The lowest BCUT2D eigenvalue weighted by Gasteiger charge is -2.23. The standard InChI is InChI=1S/C8H13N2O2/c1-2-6(8(9)12)10-5-3-4-7(10)11/h3,6H,2,4-5H2,1H3,(H2,9,12)/t6-/m0/s1. The number of primary amides is 1. The fraction of sp³-hybridized carbons (Fsp3) is 0.625. The van der Waals surface area contributed by atoms with Gasteiger partial charge < -0.3 is 10.6 Å². The summed E-state index contributed by atoms with van der Waals surface area (Å²) >= 11 is 0. The Kier molecular flexibility index (Phi) is 2.68. The van der Waals surface area contributed by atoms with Crippen LogP contribution in [0.3, 0.4) is 0 Å². The third-order valence-corrected chi connectivity index (χ3v) is 2.06. The molecule has 1 atom stereocenters. The smallest absolute Gasteiger partial charge is 0.240 e. The van der Waals surface area contributed by atoms with Crippen LogP contribution in [0.15, 0.2) is 0 Å². The molecule has 0 aromatic carbocycles. The molecular formula is C8H13N2O2. The Morgan fingerprint density at radius 1 is 1.83 bits per heavy atom. The van der Waals surface area contributed by atoms with E-state index >= 15 is 0 Å².